The first-order valence-corrected chi connectivity index (χ1v) is 6.65. The number of nitrogens with one attached hydrogen (secondary N) is 1. The van der Waals surface area contributed by atoms with Crippen LogP contribution in [-0.2, 0) is 6.42 Å². The fourth-order valence-corrected chi connectivity index (χ4v) is 2.49. The first-order valence-electron chi connectivity index (χ1n) is 6.27. The summed E-state index contributed by atoms with van der Waals surface area (Å²) in [6, 6.07) is 6.47. The molecule has 0 aliphatic heterocycles. The molecular weight excluding hydrogens is 234 g/mol. The van der Waals surface area contributed by atoms with Gasteiger partial charge in [-0.05, 0) is 42.0 Å². The zero-order chi connectivity index (χ0) is 12.4. The van der Waals surface area contributed by atoms with Crippen molar-refractivity contribution in [2.75, 3.05) is 6.54 Å². The Balaban J connectivity index is 1.98. The number of hydrogen-bond donors (Lipinski definition) is 2. The molecule has 0 saturated heterocycles. The molecule has 1 aromatic carbocycles. The third-order valence-corrected chi connectivity index (χ3v) is 3.76. The van der Waals surface area contributed by atoms with Crippen molar-refractivity contribution < 1.29 is 5.11 Å². The molecule has 2 atom stereocenters. The lowest BCUT2D eigenvalue weighted by atomic mass is 10.1. The summed E-state index contributed by atoms with van der Waals surface area (Å²) >= 11 is 5.98. The van der Waals surface area contributed by atoms with Crippen LogP contribution >= 0.6 is 11.6 Å². The lowest BCUT2D eigenvalue weighted by Gasteiger charge is -2.19. The lowest BCUT2D eigenvalue weighted by Crippen LogP contribution is -2.32. The van der Waals surface area contributed by atoms with Crippen LogP contribution < -0.4 is 5.32 Å². The summed E-state index contributed by atoms with van der Waals surface area (Å²) in [6.45, 7) is 4.73. The van der Waals surface area contributed by atoms with Gasteiger partial charge in [-0.3, -0.25) is 0 Å². The van der Waals surface area contributed by atoms with Crippen molar-refractivity contribution in [1.29, 1.82) is 0 Å². The maximum absolute atomic E-state index is 9.80. The van der Waals surface area contributed by atoms with Gasteiger partial charge in [-0.25, -0.2) is 0 Å². The Morgan fingerprint density at radius 2 is 2.24 bits per heavy atom. The van der Waals surface area contributed by atoms with Crippen molar-refractivity contribution >= 4 is 11.6 Å². The molecule has 0 spiro atoms. The molecule has 0 radical (unpaired) electrons. The van der Waals surface area contributed by atoms with Crippen LogP contribution in [0.1, 0.15) is 37.4 Å². The Morgan fingerprint density at radius 3 is 2.94 bits per heavy atom. The van der Waals surface area contributed by atoms with Crippen molar-refractivity contribution in [3.63, 3.8) is 0 Å². The quantitative estimate of drug-likeness (QED) is 0.865. The largest absolute Gasteiger partial charge is 0.392 e. The van der Waals surface area contributed by atoms with Gasteiger partial charge in [-0.15, -0.1) is 0 Å². The van der Waals surface area contributed by atoms with E-state index < -0.39 is 0 Å². The molecule has 2 nitrogen and oxygen atoms in total. The molecule has 2 N–H and O–H groups in total. The van der Waals surface area contributed by atoms with Crippen LogP contribution in [0.4, 0.5) is 0 Å². The van der Waals surface area contributed by atoms with E-state index in [1.54, 1.807) is 0 Å². The molecule has 0 saturated carbocycles. The molecule has 1 aromatic rings. The number of aliphatic hydroxyl groups is 1. The minimum Gasteiger partial charge on any atom is -0.392 e. The summed E-state index contributed by atoms with van der Waals surface area (Å²) in [4.78, 5) is 0. The Bertz CT molecular complexity index is 392. The van der Waals surface area contributed by atoms with Crippen LogP contribution in [0.25, 0.3) is 0 Å². The van der Waals surface area contributed by atoms with E-state index in [-0.39, 0.29) is 6.10 Å². The van der Waals surface area contributed by atoms with Crippen molar-refractivity contribution in [3.05, 3.63) is 34.3 Å². The maximum Gasteiger partial charge on any atom is 0.0687 e. The first-order chi connectivity index (χ1) is 8.08. The second-order valence-corrected chi connectivity index (χ2v) is 5.59. The Hall–Kier alpha value is -0.570. The Morgan fingerprint density at radius 1 is 1.47 bits per heavy atom. The second-order valence-electron chi connectivity index (χ2n) is 5.15. The molecule has 1 aliphatic carbocycles. The number of halogens is 1. The van der Waals surface area contributed by atoms with Crippen molar-refractivity contribution in [2.24, 2.45) is 5.92 Å². The van der Waals surface area contributed by atoms with E-state index >= 15 is 0 Å². The Labute approximate surface area is 108 Å². The zero-order valence-corrected chi connectivity index (χ0v) is 11.2. The average Bonchev–Trinajstić information content (AvgIpc) is 2.67. The number of benzene rings is 1. The van der Waals surface area contributed by atoms with Crippen molar-refractivity contribution in [1.82, 2.24) is 5.32 Å². The predicted octanol–water partition coefficient (Wildman–Crippen LogP) is 2.93. The first kappa shape index (κ1) is 12.9. The summed E-state index contributed by atoms with van der Waals surface area (Å²) in [6.07, 6.45) is 1.90. The topological polar surface area (TPSA) is 32.3 Å². The van der Waals surface area contributed by atoms with E-state index in [0.29, 0.717) is 18.5 Å². The molecule has 0 heterocycles. The number of aliphatic hydroxyl groups excluding tert-OH is 1. The van der Waals surface area contributed by atoms with Crippen LogP contribution in [0.3, 0.4) is 0 Å². The van der Waals surface area contributed by atoms with Crippen LogP contribution in [0.5, 0.6) is 0 Å². The maximum atomic E-state index is 9.80. The fraction of sp³-hybridized carbons (Fsp3) is 0.571. The highest BCUT2D eigenvalue weighted by Gasteiger charge is 2.23. The Kier molecular flexibility index (Phi) is 4.08. The molecule has 0 amide bonds. The van der Waals surface area contributed by atoms with E-state index in [0.717, 1.165) is 17.9 Å². The highest BCUT2D eigenvalue weighted by atomic mass is 35.5. The summed E-state index contributed by atoms with van der Waals surface area (Å²) in [5.74, 6) is 0.300. The van der Waals surface area contributed by atoms with Crippen molar-refractivity contribution in [2.45, 2.75) is 38.8 Å². The van der Waals surface area contributed by atoms with Gasteiger partial charge in [0, 0.05) is 17.6 Å². The normalized spacial score (nSPS) is 20.6. The van der Waals surface area contributed by atoms with Gasteiger partial charge in [0.1, 0.15) is 0 Å². The van der Waals surface area contributed by atoms with E-state index in [4.69, 9.17) is 11.6 Å². The highest BCUT2D eigenvalue weighted by Crippen LogP contribution is 2.32. The van der Waals surface area contributed by atoms with E-state index in [2.05, 4.69) is 17.4 Å². The second kappa shape index (κ2) is 5.38. The standard InChI is InChI=1S/C14H20ClNO/c1-9(2)14(17)8-16-13-6-3-10-7-11(15)4-5-12(10)13/h4-5,7,9,13-14,16-17H,3,6,8H2,1-2H3. The minimum absolute atomic E-state index is 0.272. The highest BCUT2D eigenvalue weighted by molar-refractivity contribution is 6.30. The van der Waals surface area contributed by atoms with E-state index in [1.807, 2.05) is 19.9 Å². The van der Waals surface area contributed by atoms with E-state index in [1.165, 1.54) is 11.1 Å². The van der Waals surface area contributed by atoms with Gasteiger partial charge in [0.15, 0.2) is 0 Å². The lowest BCUT2D eigenvalue weighted by molar-refractivity contribution is 0.120. The van der Waals surface area contributed by atoms with Gasteiger partial charge in [0.05, 0.1) is 6.10 Å². The molecule has 94 valence electrons. The van der Waals surface area contributed by atoms with Crippen molar-refractivity contribution in [3.8, 4) is 0 Å². The molecular formula is C14H20ClNO. The number of fused-ring (bicyclic) bond motifs is 1. The third-order valence-electron chi connectivity index (χ3n) is 3.53. The zero-order valence-electron chi connectivity index (χ0n) is 10.4. The molecule has 0 fully saturated rings. The SMILES string of the molecule is CC(C)C(O)CNC1CCc2cc(Cl)ccc21. The van der Waals surface area contributed by atoms with E-state index in [9.17, 15) is 5.11 Å². The summed E-state index contributed by atoms with van der Waals surface area (Å²) < 4.78 is 0. The van der Waals surface area contributed by atoms with Gasteiger partial charge in [0.25, 0.3) is 0 Å². The number of hydrogen-bond acceptors (Lipinski definition) is 2. The summed E-state index contributed by atoms with van der Waals surface area (Å²) in [5, 5.41) is 14.1. The predicted molar refractivity (Wildman–Crippen MR) is 71.4 cm³/mol. The van der Waals surface area contributed by atoms with Gasteiger partial charge in [-0.2, -0.15) is 0 Å². The van der Waals surface area contributed by atoms with Gasteiger partial charge < -0.3 is 10.4 Å². The number of aryl methyl sites for hydroxylation is 1. The summed E-state index contributed by atoms with van der Waals surface area (Å²) in [7, 11) is 0. The van der Waals surface area contributed by atoms with Crippen LogP contribution in [-0.4, -0.2) is 17.8 Å². The van der Waals surface area contributed by atoms with Crippen LogP contribution in [0.15, 0.2) is 18.2 Å². The molecule has 0 bridgehead atoms. The molecule has 0 aromatic heterocycles. The monoisotopic (exact) mass is 253 g/mol. The summed E-state index contributed by atoms with van der Waals surface area (Å²) in [5.41, 5.74) is 2.68. The average molecular weight is 254 g/mol. The fourth-order valence-electron chi connectivity index (χ4n) is 2.30. The van der Waals surface area contributed by atoms with Gasteiger partial charge >= 0.3 is 0 Å². The van der Waals surface area contributed by atoms with Crippen LogP contribution in [0, 0.1) is 5.92 Å². The minimum atomic E-state index is -0.272. The third kappa shape index (κ3) is 3.01. The molecule has 3 heteroatoms. The van der Waals surface area contributed by atoms with Gasteiger partial charge in [0.2, 0.25) is 0 Å². The van der Waals surface area contributed by atoms with Crippen LogP contribution in [0.2, 0.25) is 5.02 Å². The molecule has 17 heavy (non-hydrogen) atoms. The van der Waals surface area contributed by atoms with Gasteiger partial charge in [-0.1, -0.05) is 31.5 Å². The number of rotatable bonds is 4. The molecule has 2 rings (SSSR count). The molecule has 2 unspecified atom stereocenters. The molecule has 1 aliphatic rings. The smallest absolute Gasteiger partial charge is 0.0687 e.